The summed E-state index contributed by atoms with van der Waals surface area (Å²) in [5.41, 5.74) is -0.156. The molecule has 11 fully saturated rings. The molecule has 33 nitrogen and oxygen atoms in total. The fourth-order valence-electron chi connectivity index (χ4n) is 18.3. The summed E-state index contributed by atoms with van der Waals surface area (Å²) < 4.78 is 77.9. The van der Waals surface area contributed by atoms with Crippen LogP contribution in [-0.2, 0) is 61.6 Å². The Morgan fingerprint density at radius 2 is 0.958 bits per heavy atom. The highest BCUT2D eigenvalue weighted by Crippen LogP contribution is 2.71. The average Bonchev–Trinajstić information content (AvgIpc) is 1.56. The van der Waals surface area contributed by atoms with Crippen LogP contribution in [0.15, 0.2) is 0 Å². The van der Waals surface area contributed by atoms with E-state index in [0.717, 1.165) is 38.5 Å². The Bertz CT molecular complexity index is 2460. The minimum atomic E-state index is -2.21. The third-order valence-corrected chi connectivity index (χ3v) is 23.9. The van der Waals surface area contributed by atoms with Gasteiger partial charge in [0, 0.05) is 12.3 Å². The van der Waals surface area contributed by atoms with Gasteiger partial charge in [-0.1, -0.05) is 27.7 Å². The van der Waals surface area contributed by atoms with E-state index >= 15 is 0 Å². The van der Waals surface area contributed by atoms with Crippen molar-refractivity contribution in [2.45, 2.75) is 288 Å². The third-order valence-electron chi connectivity index (χ3n) is 23.9. The molecule has 4 saturated carbocycles. The molecule has 7 unspecified atom stereocenters. The molecule has 11 rings (SSSR count). The lowest BCUT2D eigenvalue weighted by molar-refractivity contribution is -0.409. The van der Waals surface area contributed by atoms with Gasteiger partial charge in [0.2, 0.25) is 0 Å². The molecule has 33 heteroatoms. The van der Waals surface area contributed by atoms with Crippen LogP contribution in [0, 0.1) is 52.3 Å². The summed E-state index contributed by atoms with van der Waals surface area (Å²) in [5.74, 6) is -0.144. The van der Waals surface area contributed by atoms with Crippen molar-refractivity contribution >= 4 is 0 Å². The fraction of sp³-hybridized carbons (Fsp3) is 1.00. The first-order valence-electron chi connectivity index (χ1n) is 33.8. The third kappa shape index (κ3) is 14.1. The molecule has 0 spiro atoms. The van der Waals surface area contributed by atoms with Gasteiger partial charge in [0.05, 0.1) is 58.5 Å². The zero-order chi connectivity index (χ0) is 68.7. The Balaban J connectivity index is 0.734. The minimum absolute atomic E-state index is 0.0703. The number of fused-ring (bicyclic) bond motifs is 7. The molecule has 4 aliphatic carbocycles. The van der Waals surface area contributed by atoms with Crippen molar-refractivity contribution in [3.05, 3.63) is 0 Å². The van der Waals surface area contributed by atoms with Crippen LogP contribution in [0.5, 0.6) is 0 Å². The lowest BCUT2D eigenvalue weighted by atomic mass is 9.44. The lowest BCUT2D eigenvalue weighted by Gasteiger charge is -2.61. The highest BCUT2D eigenvalue weighted by molar-refractivity contribution is 5.15. The van der Waals surface area contributed by atoms with E-state index < -0.39 is 230 Å². The number of ether oxygens (including phenoxy) is 13. The normalized spacial score (nSPS) is 55.3. The molecule has 0 aromatic carbocycles. The molecule has 7 heterocycles. The quantitative estimate of drug-likeness (QED) is 0.0475. The second-order valence-electron chi connectivity index (χ2n) is 29.4. The predicted octanol–water partition coefficient (Wildman–Crippen LogP) is -7.67. The van der Waals surface area contributed by atoms with Crippen LogP contribution in [-0.4, -0.2) is 345 Å². The van der Waals surface area contributed by atoms with Crippen molar-refractivity contribution in [1.82, 2.24) is 0 Å². The number of hydrogen-bond donors (Lipinski definition) is 20. The van der Waals surface area contributed by atoms with E-state index in [1.165, 1.54) is 0 Å². The Hall–Kier alpha value is -1.32. The topological polar surface area (TPSA) is 525 Å². The highest BCUT2D eigenvalue weighted by Gasteiger charge is 2.69. The molecular formula is C62H104O33. The molecule has 11 aliphatic rings. The molecule has 0 radical (unpaired) electrons. The Morgan fingerprint density at radius 3 is 1.60 bits per heavy atom. The summed E-state index contributed by atoms with van der Waals surface area (Å²) in [4.78, 5) is 0. The number of aliphatic hydroxyl groups is 20. The Labute approximate surface area is 548 Å². The van der Waals surface area contributed by atoms with E-state index in [-0.39, 0.29) is 47.2 Å². The first-order chi connectivity index (χ1) is 45.1. The number of rotatable bonds is 21. The van der Waals surface area contributed by atoms with Crippen LogP contribution in [0.4, 0.5) is 0 Å². The average molecular weight is 1380 g/mol. The smallest absolute Gasteiger partial charge is 0.187 e. The predicted molar refractivity (Wildman–Crippen MR) is 311 cm³/mol. The van der Waals surface area contributed by atoms with Crippen molar-refractivity contribution < 1.29 is 164 Å². The van der Waals surface area contributed by atoms with Crippen LogP contribution < -0.4 is 0 Å². The van der Waals surface area contributed by atoms with Gasteiger partial charge in [0.1, 0.15) is 140 Å². The maximum Gasteiger partial charge on any atom is 0.187 e. The molecule has 95 heavy (non-hydrogen) atoms. The monoisotopic (exact) mass is 1380 g/mol. The fourth-order valence-corrected chi connectivity index (χ4v) is 18.3. The van der Waals surface area contributed by atoms with Gasteiger partial charge in [-0.3, -0.25) is 0 Å². The van der Waals surface area contributed by atoms with Gasteiger partial charge in [0.25, 0.3) is 0 Å². The van der Waals surface area contributed by atoms with E-state index in [2.05, 4.69) is 20.8 Å². The zero-order valence-electron chi connectivity index (χ0n) is 53.7. The maximum absolute atomic E-state index is 12.2. The Morgan fingerprint density at radius 1 is 0.453 bits per heavy atom. The molecule has 41 atom stereocenters. The van der Waals surface area contributed by atoms with Gasteiger partial charge in [-0.05, 0) is 104 Å². The van der Waals surface area contributed by atoms with Crippen LogP contribution in [0.1, 0.15) is 91.9 Å². The summed E-state index contributed by atoms with van der Waals surface area (Å²) in [6.07, 6.45) is -44.9. The minimum Gasteiger partial charge on any atom is -0.394 e. The van der Waals surface area contributed by atoms with E-state index in [4.69, 9.17) is 61.6 Å². The Kier molecular flexibility index (Phi) is 23.8. The van der Waals surface area contributed by atoms with Crippen molar-refractivity contribution in [2.75, 3.05) is 46.2 Å². The van der Waals surface area contributed by atoms with Crippen LogP contribution >= 0.6 is 0 Å². The standard InChI is InChI=1S/C62H104O33/c1-22(20-83-54-46(78)42(74)38(70)31(15-63)86-54)7-12-62(82)23(2)36-30(95-62)14-28-26-6-5-24-13-25(8-10-60(24,3)27(26)9-11-61(28,36)4)85-56-48(80)44(76)50(35(19-67)90-56)91-59-53(52(41(73)34(18-66)89-59)93-55-45(77)37(69)29(68)21-84-55)94-58-49(81)51(40(72)33(17-65)88-58)92-57-47(79)43(75)39(71)32(16-64)87-57/h22-59,63-82H,5-21H2,1-4H3/t22-,23?,24?,25-,26?,27?,28?,29+,30?,31+,32+,33+,34+,35+,36?,37-,38+,39+,40-,41+,42-,43-,44+,45+,46+,47+,48+,49+,50-,51-,52-,53+,54+,55-,56+,57-,58-,59-,60-,61-,62+/m0/s1. The molecule has 7 saturated heterocycles. The SMILES string of the molecule is CC1C2C(CC3C4CCC5C[C@@H](O[C@@H]6O[C@H](CO)[C@H](O[C@@H]7O[C@H](CO)[C@@H](O)[C@H](O[C@@H]8OC[C@@H](O)[C@H](O)[C@H]8O)[C@H]7O[C@@H]7O[C@H](CO)[C@H](O)[C@H](O[C@@H]8O[C@H](CO)[C@@H](O)[C@H](O)[C@H]8O)[C@H]7O)[C@H](O)[C@H]6O)CC[C@]5(C)C4CC[C@@]32C)O[C@]1(O)CC[C@H](C)CO[C@@H]1O[C@H](CO)[C@@H](O)[C@H](O)[C@H]1O. The van der Waals surface area contributed by atoms with Crippen molar-refractivity contribution in [1.29, 1.82) is 0 Å². The summed E-state index contributed by atoms with van der Waals surface area (Å²) in [5, 5.41) is 217. The van der Waals surface area contributed by atoms with Gasteiger partial charge >= 0.3 is 0 Å². The molecule has 0 aromatic rings. The summed E-state index contributed by atoms with van der Waals surface area (Å²) in [6, 6.07) is 0. The molecule has 550 valence electrons. The largest absolute Gasteiger partial charge is 0.394 e. The van der Waals surface area contributed by atoms with Crippen molar-refractivity contribution in [3.63, 3.8) is 0 Å². The van der Waals surface area contributed by atoms with Crippen molar-refractivity contribution in [3.8, 4) is 0 Å². The second kappa shape index (κ2) is 30.2. The molecule has 7 aliphatic heterocycles. The van der Waals surface area contributed by atoms with E-state index in [1.807, 2.05) is 6.92 Å². The highest BCUT2D eigenvalue weighted by atomic mass is 16.8. The first-order valence-corrected chi connectivity index (χ1v) is 33.8. The molecule has 0 bridgehead atoms. The summed E-state index contributed by atoms with van der Waals surface area (Å²) in [7, 11) is 0. The maximum atomic E-state index is 12.2. The van der Waals surface area contributed by atoms with E-state index in [9.17, 15) is 102 Å². The molecule has 0 amide bonds. The number of aliphatic hydroxyl groups excluding tert-OH is 19. The zero-order valence-corrected chi connectivity index (χ0v) is 53.7. The van der Waals surface area contributed by atoms with Crippen LogP contribution in [0.25, 0.3) is 0 Å². The molecule has 0 aromatic heterocycles. The van der Waals surface area contributed by atoms with Gasteiger partial charge in [-0.2, -0.15) is 0 Å². The second-order valence-corrected chi connectivity index (χ2v) is 29.4. The lowest BCUT2D eigenvalue weighted by Crippen LogP contribution is -2.69. The summed E-state index contributed by atoms with van der Waals surface area (Å²) >= 11 is 0. The van der Waals surface area contributed by atoms with Gasteiger partial charge in [0.15, 0.2) is 43.5 Å². The molecule has 20 N–H and O–H groups in total. The van der Waals surface area contributed by atoms with Gasteiger partial charge in [-0.25, -0.2) is 0 Å². The van der Waals surface area contributed by atoms with Crippen LogP contribution in [0.2, 0.25) is 0 Å². The van der Waals surface area contributed by atoms with E-state index in [0.29, 0.717) is 43.4 Å². The number of hydrogen-bond acceptors (Lipinski definition) is 33. The van der Waals surface area contributed by atoms with E-state index in [1.54, 1.807) is 0 Å². The van der Waals surface area contributed by atoms with Crippen molar-refractivity contribution in [2.24, 2.45) is 52.3 Å². The van der Waals surface area contributed by atoms with Gasteiger partial charge < -0.3 is 164 Å². The van der Waals surface area contributed by atoms with Gasteiger partial charge in [-0.15, -0.1) is 0 Å². The molecular weight excluding hydrogens is 1270 g/mol. The first kappa shape index (κ1) is 74.9. The summed E-state index contributed by atoms with van der Waals surface area (Å²) in [6.45, 7) is 4.00. The van der Waals surface area contributed by atoms with Crippen LogP contribution in [0.3, 0.4) is 0 Å².